The van der Waals surface area contributed by atoms with Gasteiger partial charge in [0, 0.05) is 25.6 Å². The highest BCUT2D eigenvalue weighted by Gasteiger charge is 2.16. The molecule has 0 radical (unpaired) electrons. The van der Waals surface area contributed by atoms with E-state index in [0.29, 0.717) is 28.8 Å². The van der Waals surface area contributed by atoms with Gasteiger partial charge in [0.1, 0.15) is 11.5 Å². The van der Waals surface area contributed by atoms with Crippen molar-refractivity contribution in [1.29, 1.82) is 0 Å². The van der Waals surface area contributed by atoms with Crippen molar-refractivity contribution in [3.8, 4) is 11.5 Å². The van der Waals surface area contributed by atoms with E-state index in [0.717, 1.165) is 19.3 Å². The van der Waals surface area contributed by atoms with Crippen LogP contribution >= 0.6 is 11.6 Å². The lowest BCUT2D eigenvalue weighted by Crippen LogP contribution is -2.37. The molecule has 0 heterocycles. The molecule has 0 aliphatic heterocycles. The summed E-state index contributed by atoms with van der Waals surface area (Å²) in [6, 6.07) is 3.16. The molecule has 134 valence electrons. The molecular weight excluding hydrogens is 332 g/mol. The fraction of sp³-hybridized carbons (Fsp3) is 0.529. The smallest absolute Gasteiger partial charge is 0.244 e. The van der Waals surface area contributed by atoms with Crippen LogP contribution in [0.25, 0.3) is 0 Å². The number of methoxy groups -OCH3 is 2. The topological polar surface area (TPSA) is 67.9 Å². The Balaban J connectivity index is 2.80. The lowest BCUT2D eigenvalue weighted by Gasteiger charge is -2.21. The maximum atomic E-state index is 12.3. The number of unbranched alkanes of at least 4 members (excludes halogenated alkanes) is 2. The molecule has 0 fully saturated rings. The summed E-state index contributed by atoms with van der Waals surface area (Å²) in [5.41, 5.74) is 0.445. The Morgan fingerprint density at radius 1 is 1.17 bits per heavy atom. The summed E-state index contributed by atoms with van der Waals surface area (Å²) in [5, 5.41) is 3.13. The molecule has 6 nitrogen and oxygen atoms in total. The molecule has 0 bridgehead atoms. The van der Waals surface area contributed by atoms with Crippen LogP contribution in [0.2, 0.25) is 5.02 Å². The molecule has 0 atom stereocenters. The van der Waals surface area contributed by atoms with E-state index in [-0.39, 0.29) is 18.4 Å². The Labute approximate surface area is 148 Å². The molecule has 0 saturated carbocycles. The molecule has 0 aliphatic rings. The molecule has 1 rings (SSSR count). The average molecular weight is 357 g/mol. The number of ether oxygens (including phenoxy) is 2. The van der Waals surface area contributed by atoms with E-state index >= 15 is 0 Å². The van der Waals surface area contributed by atoms with Crippen LogP contribution in [0, 0.1) is 0 Å². The fourth-order valence-corrected chi connectivity index (χ4v) is 2.45. The Morgan fingerprint density at radius 3 is 2.38 bits per heavy atom. The summed E-state index contributed by atoms with van der Waals surface area (Å²) in [4.78, 5) is 25.5. The van der Waals surface area contributed by atoms with E-state index in [1.54, 1.807) is 12.1 Å². The van der Waals surface area contributed by atoms with Gasteiger partial charge in [0.25, 0.3) is 0 Å². The summed E-state index contributed by atoms with van der Waals surface area (Å²) in [6.07, 6.45) is 2.95. The summed E-state index contributed by atoms with van der Waals surface area (Å²) in [5.74, 6) is 0.430. The minimum atomic E-state index is -0.302. The van der Waals surface area contributed by atoms with Gasteiger partial charge in [-0.2, -0.15) is 0 Å². The van der Waals surface area contributed by atoms with E-state index in [1.165, 1.54) is 26.0 Å². The average Bonchev–Trinajstić information content (AvgIpc) is 2.55. The minimum Gasteiger partial charge on any atom is -0.495 e. The van der Waals surface area contributed by atoms with Gasteiger partial charge in [0.2, 0.25) is 11.8 Å². The standard InChI is InChI=1S/C17H25ClN2O4/c1-5-6-7-8-20(12(2)21)11-17(22)19-14-10-15(23-3)13(18)9-16(14)24-4/h9-10H,5-8,11H2,1-4H3,(H,19,22). The summed E-state index contributed by atoms with van der Waals surface area (Å²) >= 11 is 6.04. The highest BCUT2D eigenvalue weighted by Crippen LogP contribution is 2.35. The predicted molar refractivity (Wildman–Crippen MR) is 95.0 cm³/mol. The van der Waals surface area contributed by atoms with Crippen LogP contribution in [-0.4, -0.2) is 44.0 Å². The molecule has 0 aliphatic carbocycles. The normalized spacial score (nSPS) is 10.2. The van der Waals surface area contributed by atoms with Crippen LogP contribution in [0.1, 0.15) is 33.1 Å². The number of anilines is 1. The van der Waals surface area contributed by atoms with Crippen molar-refractivity contribution >= 4 is 29.1 Å². The van der Waals surface area contributed by atoms with Crippen molar-refractivity contribution in [3.63, 3.8) is 0 Å². The third-order valence-electron chi connectivity index (χ3n) is 3.56. The zero-order valence-corrected chi connectivity index (χ0v) is 15.4. The number of hydrogen-bond donors (Lipinski definition) is 1. The quantitative estimate of drug-likeness (QED) is 0.689. The van der Waals surface area contributed by atoms with Crippen LogP contribution in [0.4, 0.5) is 5.69 Å². The van der Waals surface area contributed by atoms with E-state index in [9.17, 15) is 9.59 Å². The van der Waals surface area contributed by atoms with Gasteiger partial charge in [-0.1, -0.05) is 31.4 Å². The predicted octanol–water partition coefficient (Wildman–Crippen LogP) is 3.33. The number of rotatable bonds is 9. The molecule has 0 saturated heterocycles. The van der Waals surface area contributed by atoms with Gasteiger partial charge < -0.3 is 19.7 Å². The molecular formula is C17H25ClN2O4. The molecule has 7 heteroatoms. The third kappa shape index (κ3) is 5.92. The number of nitrogens with zero attached hydrogens (tertiary/aromatic N) is 1. The summed E-state index contributed by atoms with van der Waals surface area (Å²) in [7, 11) is 2.98. The lowest BCUT2D eigenvalue weighted by molar-refractivity contribution is -0.132. The SMILES string of the molecule is CCCCCN(CC(=O)Nc1cc(OC)c(Cl)cc1OC)C(C)=O. The monoisotopic (exact) mass is 356 g/mol. The van der Waals surface area contributed by atoms with Crippen molar-refractivity contribution in [2.24, 2.45) is 0 Å². The zero-order valence-electron chi connectivity index (χ0n) is 14.6. The Kier molecular flexibility index (Phi) is 8.40. The fourth-order valence-electron chi connectivity index (χ4n) is 2.22. The van der Waals surface area contributed by atoms with E-state index in [2.05, 4.69) is 12.2 Å². The molecule has 0 unspecified atom stereocenters. The van der Waals surface area contributed by atoms with E-state index in [4.69, 9.17) is 21.1 Å². The van der Waals surface area contributed by atoms with E-state index < -0.39 is 0 Å². The number of carbonyl (C=O) groups is 2. The van der Waals surface area contributed by atoms with Crippen LogP contribution in [0.15, 0.2) is 12.1 Å². The Bertz CT molecular complexity index is 578. The summed E-state index contributed by atoms with van der Waals surface area (Å²) < 4.78 is 10.4. The van der Waals surface area contributed by atoms with Crippen molar-refractivity contribution in [2.45, 2.75) is 33.1 Å². The van der Waals surface area contributed by atoms with Gasteiger partial charge in [0.05, 0.1) is 31.5 Å². The number of halogens is 1. The first-order valence-corrected chi connectivity index (χ1v) is 8.27. The van der Waals surface area contributed by atoms with Gasteiger partial charge in [-0.3, -0.25) is 9.59 Å². The second-order valence-electron chi connectivity index (χ2n) is 5.38. The number of benzene rings is 1. The highest BCUT2D eigenvalue weighted by atomic mass is 35.5. The highest BCUT2D eigenvalue weighted by molar-refractivity contribution is 6.32. The van der Waals surface area contributed by atoms with Crippen molar-refractivity contribution < 1.29 is 19.1 Å². The Morgan fingerprint density at radius 2 is 1.83 bits per heavy atom. The van der Waals surface area contributed by atoms with Crippen molar-refractivity contribution in [2.75, 3.05) is 32.6 Å². The third-order valence-corrected chi connectivity index (χ3v) is 3.85. The Hall–Kier alpha value is -1.95. The van der Waals surface area contributed by atoms with Gasteiger partial charge >= 0.3 is 0 Å². The molecule has 1 aromatic rings. The number of amides is 2. The molecule has 0 spiro atoms. The van der Waals surface area contributed by atoms with Crippen LogP contribution in [0.3, 0.4) is 0 Å². The number of carbonyl (C=O) groups excluding carboxylic acids is 2. The molecule has 1 N–H and O–H groups in total. The molecule has 2 amide bonds. The van der Waals surface area contributed by atoms with Gasteiger partial charge in [-0.15, -0.1) is 0 Å². The second kappa shape index (κ2) is 10.0. The van der Waals surface area contributed by atoms with Crippen LogP contribution in [0.5, 0.6) is 11.5 Å². The largest absolute Gasteiger partial charge is 0.495 e. The maximum Gasteiger partial charge on any atom is 0.244 e. The second-order valence-corrected chi connectivity index (χ2v) is 5.79. The van der Waals surface area contributed by atoms with Crippen LogP contribution in [-0.2, 0) is 9.59 Å². The minimum absolute atomic E-state index is 0.00680. The number of hydrogen-bond acceptors (Lipinski definition) is 4. The molecule has 1 aromatic carbocycles. The van der Waals surface area contributed by atoms with Crippen LogP contribution < -0.4 is 14.8 Å². The number of nitrogens with one attached hydrogen (secondary N) is 1. The first-order chi connectivity index (χ1) is 11.4. The van der Waals surface area contributed by atoms with Crippen molar-refractivity contribution in [1.82, 2.24) is 4.90 Å². The maximum absolute atomic E-state index is 12.3. The zero-order chi connectivity index (χ0) is 18.1. The summed E-state index contributed by atoms with van der Waals surface area (Å²) in [6.45, 7) is 4.11. The molecule has 24 heavy (non-hydrogen) atoms. The first-order valence-electron chi connectivity index (χ1n) is 7.89. The van der Waals surface area contributed by atoms with Gasteiger partial charge in [0.15, 0.2) is 0 Å². The van der Waals surface area contributed by atoms with Gasteiger partial charge in [-0.05, 0) is 6.42 Å². The van der Waals surface area contributed by atoms with Gasteiger partial charge in [-0.25, -0.2) is 0 Å². The van der Waals surface area contributed by atoms with E-state index in [1.807, 2.05) is 0 Å². The van der Waals surface area contributed by atoms with Crippen molar-refractivity contribution in [3.05, 3.63) is 17.2 Å². The first kappa shape index (κ1) is 20.1. The lowest BCUT2D eigenvalue weighted by atomic mass is 10.2. The molecule has 0 aromatic heterocycles.